The molecule has 37 heavy (non-hydrogen) atoms. The Morgan fingerprint density at radius 1 is 1.00 bits per heavy atom. The largest absolute Gasteiger partial charge is 0.0961 e. The van der Waals surface area contributed by atoms with E-state index >= 15 is 0 Å². The maximum absolute atomic E-state index is 3.89. The summed E-state index contributed by atoms with van der Waals surface area (Å²) in [7, 11) is 0. The minimum absolute atomic E-state index is 0.411. The maximum atomic E-state index is 3.89. The van der Waals surface area contributed by atoms with Gasteiger partial charge in [-0.15, -0.1) is 0 Å². The van der Waals surface area contributed by atoms with Crippen LogP contribution in [-0.2, 0) is 0 Å². The van der Waals surface area contributed by atoms with Crippen LogP contribution < -0.4 is 0 Å². The molecule has 210 valence electrons. The van der Waals surface area contributed by atoms with Gasteiger partial charge in [0, 0.05) is 5.56 Å². The van der Waals surface area contributed by atoms with Crippen LogP contribution in [0.4, 0.5) is 0 Å². The third-order valence-electron chi connectivity index (χ3n) is 6.14. The van der Waals surface area contributed by atoms with E-state index in [1.165, 1.54) is 30.4 Å². The lowest BCUT2D eigenvalue weighted by Crippen LogP contribution is -2.16. The smallest absolute Gasteiger partial charge is 0.0281 e. The molecule has 1 aromatic rings. The van der Waals surface area contributed by atoms with Gasteiger partial charge in [0.15, 0.2) is 0 Å². The number of rotatable bonds is 5. The van der Waals surface area contributed by atoms with Crippen LogP contribution in [0.1, 0.15) is 134 Å². The summed E-state index contributed by atoms with van der Waals surface area (Å²) in [5, 5.41) is 0. The van der Waals surface area contributed by atoms with Crippen molar-refractivity contribution in [3.05, 3.63) is 77.4 Å². The molecule has 0 saturated carbocycles. The summed E-state index contributed by atoms with van der Waals surface area (Å²) in [6.07, 6.45) is 13.5. The first kappa shape index (κ1) is 37.2. The molecule has 0 amide bonds. The molecule has 0 saturated heterocycles. The molecule has 0 nitrogen and oxygen atoms in total. The first-order valence-corrected chi connectivity index (χ1v) is 14.5. The molecule has 2 rings (SSSR count). The average Bonchev–Trinajstić information content (AvgIpc) is 2.74. The fourth-order valence-electron chi connectivity index (χ4n) is 4.44. The fraction of sp³-hybridized carbons (Fsp3) is 0.622. The molecule has 0 radical (unpaired) electrons. The molecule has 0 aliphatic heterocycles. The Bertz CT molecular complexity index is 823. The number of hydrogen-bond donors (Lipinski definition) is 0. The van der Waals surface area contributed by atoms with E-state index in [9.17, 15) is 0 Å². The summed E-state index contributed by atoms with van der Waals surface area (Å²) in [4.78, 5) is 0. The normalized spacial score (nSPS) is 14.6. The Morgan fingerprint density at radius 3 is 1.81 bits per heavy atom. The third kappa shape index (κ3) is 19.7. The maximum Gasteiger partial charge on any atom is 0.0281 e. The topological polar surface area (TPSA) is 0 Å². The number of aryl methyl sites for hydroxylation is 1. The Labute approximate surface area is 234 Å². The Balaban J connectivity index is 0. The lowest BCUT2D eigenvalue weighted by atomic mass is 9.78. The monoisotopic (exact) mass is 506 g/mol. The van der Waals surface area contributed by atoms with Gasteiger partial charge in [0.25, 0.3) is 0 Å². The summed E-state index contributed by atoms with van der Waals surface area (Å²) in [5.41, 5.74) is 7.49. The predicted octanol–water partition coefficient (Wildman–Crippen LogP) is 12.4. The van der Waals surface area contributed by atoms with Crippen molar-refractivity contribution < 1.29 is 0 Å². The van der Waals surface area contributed by atoms with Crippen LogP contribution in [0, 0.1) is 41.2 Å². The molecule has 0 bridgehead atoms. The van der Waals surface area contributed by atoms with Gasteiger partial charge in [-0.1, -0.05) is 137 Å². The highest BCUT2D eigenvalue weighted by molar-refractivity contribution is 5.66. The molecule has 1 aliphatic carbocycles. The van der Waals surface area contributed by atoms with Gasteiger partial charge in [-0.25, -0.2) is 0 Å². The van der Waals surface area contributed by atoms with E-state index in [1.807, 2.05) is 27.7 Å². The van der Waals surface area contributed by atoms with E-state index < -0.39 is 0 Å². The zero-order valence-electron chi connectivity index (χ0n) is 27.6. The first-order valence-electron chi connectivity index (χ1n) is 14.5. The summed E-state index contributed by atoms with van der Waals surface area (Å²) in [6.45, 7) is 37.1. The van der Waals surface area contributed by atoms with Gasteiger partial charge in [0.2, 0.25) is 0 Å². The van der Waals surface area contributed by atoms with Gasteiger partial charge in [-0.3, -0.25) is 0 Å². The zero-order valence-corrected chi connectivity index (χ0v) is 27.6. The minimum Gasteiger partial charge on any atom is -0.0961 e. The van der Waals surface area contributed by atoms with Crippen LogP contribution in [0.2, 0.25) is 0 Å². The van der Waals surface area contributed by atoms with Crippen LogP contribution >= 0.6 is 0 Å². The number of hydrogen-bond acceptors (Lipinski definition) is 0. The van der Waals surface area contributed by atoms with E-state index in [-0.39, 0.29) is 0 Å². The van der Waals surface area contributed by atoms with E-state index in [0.717, 1.165) is 29.0 Å². The molecular formula is C37H62. The van der Waals surface area contributed by atoms with Crippen molar-refractivity contribution >= 4 is 5.57 Å². The summed E-state index contributed by atoms with van der Waals surface area (Å²) in [5.74, 6) is 0.852. The molecule has 1 aliphatic rings. The quantitative estimate of drug-likeness (QED) is 0.348. The second-order valence-corrected chi connectivity index (χ2v) is 13.6. The van der Waals surface area contributed by atoms with Gasteiger partial charge in [0.1, 0.15) is 0 Å². The van der Waals surface area contributed by atoms with Crippen LogP contribution in [0.15, 0.2) is 54.2 Å². The Morgan fingerprint density at radius 2 is 1.51 bits per heavy atom. The summed E-state index contributed by atoms with van der Waals surface area (Å²) >= 11 is 0. The Kier molecular flexibility index (Phi) is 17.6. The minimum atomic E-state index is 0.411. The SMILES string of the molecule is C=C(C)/C=C(\CC)c1c#cc(C)cc1.CC.CC(CC(C)(C)C)CC(C)(C)C.CC1=CC=CCC1(C)C. The average molecular weight is 507 g/mol. The van der Waals surface area contributed by atoms with Crippen molar-refractivity contribution in [2.75, 3.05) is 0 Å². The summed E-state index contributed by atoms with van der Waals surface area (Å²) < 4.78 is 0. The second kappa shape index (κ2) is 17.5. The molecule has 0 unspecified atom stereocenters. The van der Waals surface area contributed by atoms with Crippen molar-refractivity contribution in [3.63, 3.8) is 0 Å². The van der Waals surface area contributed by atoms with E-state index in [2.05, 4.69) is 131 Å². The second-order valence-electron chi connectivity index (χ2n) is 13.6. The molecule has 0 N–H and O–H groups in total. The van der Waals surface area contributed by atoms with Gasteiger partial charge in [-0.05, 0) is 91.9 Å². The molecule has 1 aromatic carbocycles. The van der Waals surface area contributed by atoms with Crippen LogP contribution in [-0.4, -0.2) is 0 Å². The Hall–Kier alpha value is -2.00. The van der Waals surface area contributed by atoms with Crippen LogP contribution in [0.25, 0.3) is 5.57 Å². The van der Waals surface area contributed by atoms with Crippen molar-refractivity contribution in [2.45, 2.75) is 130 Å². The predicted molar refractivity (Wildman–Crippen MR) is 172 cm³/mol. The van der Waals surface area contributed by atoms with Gasteiger partial charge >= 0.3 is 0 Å². The molecule has 0 fully saturated rings. The van der Waals surface area contributed by atoms with Crippen molar-refractivity contribution in [1.82, 2.24) is 0 Å². The molecular weight excluding hydrogens is 444 g/mol. The lowest BCUT2D eigenvalue weighted by molar-refractivity contribution is 0.233. The molecule has 0 heterocycles. The lowest BCUT2D eigenvalue weighted by Gasteiger charge is -2.28. The highest BCUT2D eigenvalue weighted by Gasteiger charge is 2.20. The first-order chi connectivity index (χ1) is 16.9. The molecule has 0 heteroatoms. The van der Waals surface area contributed by atoms with E-state index in [4.69, 9.17) is 0 Å². The van der Waals surface area contributed by atoms with Crippen molar-refractivity contribution in [2.24, 2.45) is 22.2 Å². The fourth-order valence-corrected chi connectivity index (χ4v) is 4.44. The highest BCUT2D eigenvalue weighted by Crippen LogP contribution is 2.33. The highest BCUT2D eigenvalue weighted by atomic mass is 14.3. The molecule has 0 atom stereocenters. The van der Waals surface area contributed by atoms with Crippen molar-refractivity contribution in [3.8, 4) is 0 Å². The van der Waals surface area contributed by atoms with Crippen LogP contribution in [0.3, 0.4) is 0 Å². The summed E-state index contributed by atoms with van der Waals surface area (Å²) in [6, 6.07) is 10.4. The van der Waals surface area contributed by atoms with Gasteiger partial charge in [-0.2, -0.15) is 0 Å². The molecule has 0 aromatic heterocycles. The third-order valence-corrected chi connectivity index (χ3v) is 6.14. The number of allylic oxidation sites excluding steroid dienone is 7. The van der Waals surface area contributed by atoms with E-state index in [0.29, 0.717) is 16.2 Å². The van der Waals surface area contributed by atoms with E-state index in [1.54, 1.807) is 0 Å². The van der Waals surface area contributed by atoms with Crippen LogP contribution in [0.5, 0.6) is 0 Å². The zero-order chi connectivity index (χ0) is 29.4. The van der Waals surface area contributed by atoms with Crippen molar-refractivity contribution in [1.29, 1.82) is 0 Å². The van der Waals surface area contributed by atoms with Gasteiger partial charge in [0.05, 0.1) is 0 Å². The standard InChI is InChI=1S/C14H16.C12H26.C9H14.C2H6/c1-5-13(10-11(2)3)14-8-6-12(4)7-9-14;1-10(8-11(2,3)4)9-12(5,6)7;1-8-6-4-5-7-9(8,2)3;1-2/h6,8,10H,2,5H2,1,3-4H3;10H,8-9H2,1-7H3;4-6H,7H2,1-3H3;1-2H3/b13-10+;;;. The van der Waals surface area contributed by atoms with Gasteiger partial charge < -0.3 is 0 Å². The molecule has 0 spiro atoms.